The lowest BCUT2D eigenvalue weighted by Gasteiger charge is -2.13. The zero-order chi connectivity index (χ0) is 8.74. The normalized spacial score (nSPS) is 12.0. The molecule has 0 unspecified atom stereocenters. The van der Waals surface area contributed by atoms with Gasteiger partial charge in [-0.3, -0.25) is 0 Å². The van der Waals surface area contributed by atoms with Crippen LogP contribution in [0.2, 0.25) is 0 Å². The van der Waals surface area contributed by atoms with Gasteiger partial charge in [-0.15, -0.1) is 0 Å². The van der Waals surface area contributed by atoms with Crippen LogP contribution >= 0.6 is 8.17 Å². The Balaban J connectivity index is 3.84. The van der Waals surface area contributed by atoms with E-state index < -0.39 is 8.17 Å². The van der Waals surface area contributed by atoms with Crippen molar-refractivity contribution in [3.63, 3.8) is 0 Å². The molecular formula is C6H16O4P+. The minimum Gasteiger partial charge on any atom is -0.157 e. The van der Waals surface area contributed by atoms with Gasteiger partial charge >= 0.3 is 8.17 Å². The van der Waals surface area contributed by atoms with Crippen molar-refractivity contribution in [2.24, 2.45) is 0 Å². The molecule has 0 aromatic carbocycles. The van der Waals surface area contributed by atoms with Crippen LogP contribution in [0.25, 0.3) is 0 Å². The van der Waals surface area contributed by atoms with Crippen LogP contribution in [-0.4, -0.2) is 27.9 Å². The molecule has 0 aliphatic rings. The van der Waals surface area contributed by atoms with Crippen LogP contribution in [0.1, 0.15) is 13.3 Å². The fraction of sp³-hybridized carbons (Fsp3) is 1.00. The van der Waals surface area contributed by atoms with E-state index in [-0.39, 0.29) is 0 Å². The van der Waals surface area contributed by atoms with E-state index in [9.17, 15) is 0 Å². The van der Waals surface area contributed by atoms with Gasteiger partial charge in [-0.2, -0.15) is 18.1 Å². The third kappa shape index (κ3) is 3.45. The van der Waals surface area contributed by atoms with Crippen molar-refractivity contribution < 1.29 is 18.1 Å². The number of rotatable bonds is 6. The van der Waals surface area contributed by atoms with Crippen molar-refractivity contribution in [1.82, 2.24) is 0 Å². The van der Waals surface area contributed by atoms with Crippen LogP contribution in [-0.2, 0) is 18.1 Å². The second-order valence-corrected chi connectivity index (χ2v) is 4.08. The van der Waals surface area contributed by atoms with Crippen molar-refractivity contribution in [1.29, 1.82) is 0 Å². The van der Waals surface area contributed by atoms with Gasteiger partial charge in [0, 0.05) is 0 Å². The summed E-state index contributed by atoms with van der Waals surface area (Å²) < 4.78 is 20.2. The molecule has 0 aliphatic carbocycles. The maximum atomic E-state index is 5.27. The van der Waals surface area contributed by atoms with Crippen molar-refractivity contribution in [2.45, 2.75) is 13.3 Å². The molecule has 5 heteroatoms. The Kier molecular flexibility index (Phi) is 6.01. The second-order valence-electron chi connectivity index (χ2n) is 1.83. The molecule has 0 N–H and O–H groups in total. The Morgan fingerprint density at radius 2 is 1.45 bits per heavy atom. The molecule has 0 aliphatic heterocycles. The lowest BCUT2D eigenvalue weighted by atomic mass is 10.5. The van der Waals surface area contributed by atoms with E-state index in [1.165, 1.54) is 21.3 Å². The maximum absolute atomic E-state index is 5.27. The quantitative estimate of drug-likeness (QED) is 0.590. The first-order valence-corrected chi connectivity index (χ1v) is 4.91. The molecule has 0 saturated heterocycles. The van der Waals surface area contributed by atoms with E-state index >= 15 is 0 Å². The number of hydrogen-bond acceptors (Lipinski definition) is 4. The Bertz CT molecular complexity index is 86.3. The van der Waals surface area contributed by atoms with Crippen molar-refractivity contribution in [2.75, 3.05) is 27.9 Å². The van der Waals surface area contributed by atoms with E-state index in [0.717, 1.165) is 6.42 Å². The maximum Gasteiger partial charge on any atom is 0.574 e. The summed E-state index contributed by atoms with van der Waals surface area (Å²) >= 11 is 0. The highest BCUT2D eigenvalue weighted by molar-refractivity contribution is 7.56. The summed E-state index contributed by atoms with van der Waals surface area (Å²) in [6, 6.07) is 0. The summed E-state index contributed by atoms with van der Waals surface area (Å²) in [6.45, 7) is 2.60. The first-order valence-electron chi connectivity index (χ1n) is 3.45. The van der Waals surface area contributed by atoms with Gasteiger partial charge in [0.25, 0.3) is 0 Å². The highest BCUT2D eigenvalue weighted by Crippen LogP contribution is 2.61. The van der Waals surface area contributed by atoms with E-state index in [2.05, 4.69) is 0 Å². The lowest BCUT2D eigenvalue weighted by molar-refractivity contribution is 0.0989. The average Bonchev–Trinajstić information content (AvgIpc) is 2.08. The molecule has 0 atom stereocenters. The Morgan fingerprint density at radius 3 is 1.73 bits per heavy atom. The highest BCUT2D eigenvalue weighted by Gasteiger charge is 2.45. The van der Waals surface area contributed by atoms with Gasteiger partial charge in [0.2, 0.25) is 0 Å². The smallest absolute Gasteiger partial charge is 0.157 e. The number of hydrogen-bond donors (Lipinski definition) is 0. The third-order valence-corrected chi connectivity index (χ3v) is 2.96. The monoisotopic (exact) mass is 183 g/mol. The van der Waals surface area contributed by atoms with Crippen LogP contribution in [0, 0.1) is 0 Å². The molecule has 11 heavy (non-hydrogen) atoms. The minimum absolute atomic E-state index is 0.587. The molecule has 0 bridgehead atoms. The molecule has 0 radical (unpaired) electrons. The molecule has 68 valence electrons. The zero-order valence-corrected chi connectivity index (χ0v) is 8.39. The van der Waals surface area contributed by atoms with Crippen molar-refractivity contribution >= 4 is 8.17 Å². The van der Waals surface area contributed by atoms with Crippen LogP contribution in [0.5, 0.6) is 0 Å². The minimum atomic E-state index is -2.46. The van der Waals surface area contributed by atoms with Crippen LogP contribution in [0.15, 0.2) is 0 Å². The predicted octanol–water partition coefficient (Wildman–Crippen LogP) is 2.03. The fourth-order valence-electron chi connectivity index (χ4n) is 0.585. The van der Waals surface area contributed by atoms with E-state index in [0.29, 0.717) is 6.61 Å². The fourth-order valence-corrected chi connectivity index (χ4v) is 1.75. The second kappa shape index (κ2) is 5.86. The molecule has 0 aromatic heterocycles. The van der Waals surface area contributed by atoms with E-state index in [1.807, 2.05) is 6.92 Å². The first kappa shape index (κ1) is 11.3. The molecule has 0 rings (SSSR count). The standard InChI is InChI=1S/C6H16O4P/c1-5-6-10-11(7-2,8-3)9-4/h5-6H2,1-4H3/q+1. The molecule has 0 amide bonds. The SMILES string of the molecule is CCCO[P+](OC)(OC)OC. The summed E-state index contributed by atoms with van der Waals surface area (Å²) in [6.07, 6.45) is 0.915. The van der Waals surface area contributed by atoms with Crippen LogP contribution in [0.4, 0.5) is 0 Å². The van der Waals surface area contributed by atoms with Gasteiger partial charge in [-0.25, -0.2) is 0 Å². The summed E-state index contributed by atoms with van der Waals surface area (Å²) in [7, 11) is 2.08. The Labute approximate surface area is 68.4 Å². The van der Waals surface area contributed by atoms with Gasteiger partial charge in [0.05, 0.1) is 27.9 Å². The molecule has 0 fully saturated rings. The van der Waals surface area contributed by atoms with Crippen molar-refractivity contribution in [3.05, 3.63) is 0 Å². The van der Waals surface area contributed by atoms with Crippen molar-refractivity contribution in [3.8, 4) is 0 Å². The Hall–Kier alpha value is 0.270. The molecule has 0 aromatic rings. The zero-order valence-electron chi connectivity index (χ0n) is 7.49. The average molecular weight is 183 g/mol. The molecule has 0 saturated carbocycles. The van der Waals surface area contributed by atoms with Gasteiger partial charge in [-0.05, 0) is 6.42 Å². The molecular weight excluding hydrogens is 167 g/mol. The van der Waals surface area contributed by atoms with Gasteiger partial charge in [-0.1, -0.05) is 6.92 Å². The first-order chi connectivity index (χ1) is 5.24. The topological polar surface area (TPSA) is 36.9 Å². The van der Waals surface area contributed by atoms with Gasteiger partial charge in [0.1, 0.15) is 0 Å². The van der Waals surface area contributed by atoms with Gasteiger partial charge < -0.3 is 0 Å². The Morgan fingerprint density at radius 1 is 1.00 bits per heavy atom. The molecule has 0 heterocycles. The third-order valence-electron chi connectivity index (χ3n) is 1.12. The largest absolute Gasteiger partial charge is 0.574 e. The van der Waals surface area contributed by atoms with E-state index in [4.69, 9.17) is 18.1 Å². The van der Waals surface area contributed by atoms with Crippen LogP contribution in [0.3, 0.4) is 0 Å². The highest BCUT2D eigenvalue weighted by atomic mass is 31.2. The summed E-state index contributed by atoms with van der Waals surface area (Å²) in [5, 5.41) is 0. The molecule has 0 spiro atoms. The molecule has 4 nitrogen and oxygen atoms in total. The predicted molar refractivity (Wildman–Crippen MR) is 44.2 cm³/mol. The summed E-state index contributed by atoms with van der Waals surface area (Å²) in [5.74, 6) is 0. The van der Waals surface area contributed by atoms with E-state index in [1.54, 1.807) is 0 Å². The summed E-state index contributed by atoms with van der Waals surface area (Å²) in [4.78, 5) is 0. The summed E-state index contributed by atoms with van der Waals surface area (Å²) in [5.41, 5.74) is 0. The van der Waals surface area contributed by atoms with Gasteiger partial charge in [0.15, 0.2) is 0 Å². The lowest BCUT2D eigenvalue weighted by Crippen LogP contribution is -2.05. The van der Waals surface area contributed by atoms with Crippen LogP contribution < -0.4 is 0 Å².